The monoisotopic (exact) mass is 412 g/mol. The van der Waals surface area contributed by atoms with Crippen LogP contribution in [0.4, 0.5) is 0 Å². The van der Waals surface area contributed by atoms with E-state index in [4.69, 9.17) is 11.6 Å². The molecule has 1 aliphatic heterocycles. The highest BCUT2D eigenvalue weighted by atomic mass is 35.5. The smallest absolute Gasteiger partial charge is 0.244 e. The number of benzene rings is 1. The van der Waals surface area contributed by atoms with E-state index in [0.717, 1.165) is 22.6 Å². The zero-order valence-electron chi connectivity index (χ0n) is 14.4. The van der Waals surface area contributed by atoms with Gasteiger partial charge in [0, 0.05) is 27.9 Å². The number of halogens is 1. The summed E-state index contributed by atoms with van der Waals surface area (Å²) in [5.41, 5.74) is 0. The summed E-state index contributed by atoms with van der Waals surface area (Å²) in [6.45, 7) is 2.74. The van der Waals surface area contributed by atoms with Gasteiger partial charge in [0.25, 0.3) is 0 Å². The molecule has 2 heterocycles. The molecule has 0 radical (unpaired) electrons. The van der Waals surface area contributed by atoms with Crippen LogP contribution in [0.3, 0.4) is 0 Å². The van der Waals surface area contributed by atoms with Gasteiger partial charge in [-0.25, -0.2) is 8.42 Å². The Balaban J connectivity index is 2.00. The average molecular weight is 413 g/mol. The third-order valence-corrected chi connectivity index (χ3v) is 7.49. The Bertz CT molecular complexity index is 878. The van der Waals surface area contributed by atoms with Gasteiger partial charge in [0.15, 0.2) is 0 Å². The topological polar surface area (TPSA) is 66.5 Å². The Morgan fingerprint density at radius 2 is 1.92 bits per heavy atom. The molecule has 1 saturated heterocycles. The van der Waals surface area contributed by atoms with E-state index in [-0.39, 0.29) is 17.3 Å². The summed E-state index contributed by atoms with van der Waals surface area (Å²) in [5.74, 6) is -0.228. The number of carbonyl (C=O) groups is 1. The van der Waals surface area contributed by atoms with Crippen molar-refractivity contribution in [1.29, 1.82) is 0 Å². The molecule has 1 unspecified atom stereocenters. The van der Waals surface area contributed by atoms with Crippen molar-refractivity contribution in [2.24, 2.45) is 0 Å². The first-order valence-electron chi connectivity index (χ1n) is 8.48. The predicted molar refractivity (Wildman–Crippen MR) is 104 cm³/mol. The van der Waals surface area contributed by atoms with Gasteiger partial charge in [-0.15, -0.1) is 11.3 Å². The summed E-state index contributed by atoms with van der Waals surface area (Å²) in [6.07, 6.45) is 2.18. The summed E-state index contributed by atoms with van der Waals surface area (Å²) in [7, 11) is -3.83. The number of nitrogens with one attached hydrogen (secondary N) is 1. The van der Waals surface area contributed by atoms with Gasteiger partial charge >= 0.3 is 0 Å². The normalized spacial score (nSPS) is 18.6. The van der Waals surface area contributed by atoms with Crippen molar-refractivity contribution in [3.63, 3.8) is 0 Å². The molecule has 8 heteroatoms. The minimum atomic E-state index is -3.83. The maximum atomic E-state index is 13.3. The van der Waals surface area contributed by atoms with Gasteiger partial charge in [-0.2, -0.15) is 4.31 Å². The highest BCUT2D eigenvalue weighted by Gasteiger charge is 2.36. The molecule has 1 amide bonds. The molecular weight excluding hydrogens is 392 g/mol. The Kier molecular flexibility index (Phi) is 6.02. The number of carbonyl (C=O) groups excluding carboxylic acids is 1. The van der Waals surface area contributed by atoms with Crippen molar-refractivity contribution in [1.82, 2.24) is 9.62 Å². The van der Waals surface area contributed by atoms with Gasteiger partial charge < -0.3 is 5.32 Å². The third-order valence-electron chi connectivity index (χ3n) is 4.38. The van der Waals surface area contributed by atoms with Crippen molar-refractivity contribution in [2.75, 3.05) is 6.54 Å². The summed E-state index contributed by atoms with van der Waals surface area (Å²) in [5, 5.41) is 3.31. The van der Waals surface area contributed by atoms with Crippen molar-refractivity contribution >= 4 is 38.9 Å². The lowest BCUT2D eigenvalue weighted by Crippen LogP contribution is -2.48. The Morgan fingerprint density at radius 3 is 2.58 bits per heavy atom. The quantitative estimate of drug-likeness (QED) is 0.816. The van der Waals surface area contributed by atoms with E-state index in [1.165, 1.54) is 16.4 Å². The maximum absolute atomic E-state index is 13.3. The zero-order chi connectivity index (χ0) is 18.7. The standard InChI is InChI=1S/C18H21ClN2O3S2/c1-13-5-8-15(25-13)12-21(17-4-2-3-11-20-18(17)22)26(23,24)16-9-6-14(19)7-10-16/h5-10,17H,2-4,11-12H2,1H3,(H,20,22). The highest BCUT2D eigenvalue weighted by Crippen LogP contribution is 2.27. The first kappa shape index (κ1) is 19.4. The van der Waals surface area contributed by atoms with Gasteiger partial charge in [0.05, 0.1) is 4.90 Å². The second kappa shape index (κ2) is 8.08. The predicted octanol–water partition coefficient (Wildman–Crippen LogP) is 3.57. The van der Waals surface area contributed by atoms with Crippen LogP contribution >= 0.6 is 22.9 Å². The van der Waals surface area contributed by atoms with Crippen LogP contribution in [0.25, 0.3) is 0 Å². The van der Waals surface area contributed by atoms with Crippen LogP contribution in [0.1, 0.15) is 29.0 Å². The minimum Gasteiger partial charge on any atom is -0.355 e. The fourth-order valence-corrected chi connectivity index (χ4v) is 5.72. The first-order chi connectivity index (χ1) is 12.4. The lowest BCUT2D eigenvalue weighted by Gasteiger charge is -2.28. The largest absolute Gasteiger partial charge is 0.355 e. The molecule has 0 saturated carbocycles. The number of sulfonamides is 1. The summed E-state index contributed by atoms with van der Waals surface area (Å²) >= 11 is 7.44. The van der Waals surface area contributed by atoms with Crippen LogP contribution in [0.15, 0.2) is 41.3 Å². The second-order valence-corrected chi connectivity index (χ2v) is 10.0. The Morgan fingerprint density at radius 1 is 1.19 bits per heavy atom. The average Bonchev–Trinajstić information content (AvgIpc) is 2.89. The first-order valence-corrected chi connectivity index (χ1v) is 11.1. The van der Waals surface area contributed by atoms with Gasteiger partial charge in [0.1, 0.15) is 6.04 Å². The molecule has 140 valence electrons. The number of rotatable bonds is 5. The third kappa shape index (κ3) is 4.28. The number of amides is 1. The molecule has 1 aliphatic rings. The number of aryl methyl sites for hydroxylation is 1. The van der Waals surface area contributed by atoms with Crippen LogP contribution in [0.5, 0.6) is 0 Å². The molecule has 1 aromatic heterocycles. The maximum Gasteiger partial charge on any atom is 0.244 e. The van der Waals surface area contributed by atoms with E-state index in [0.29, 0.717) is 18.0 Å². The molecule has 1 atom stereocenters. The van der Waals surface area contributed by atoms with Gasteiger partial charge in [-0.1, -0.05) is 11.6 Å². The zero-order valence-corrected chi connectivity index (χ0v) is 16.8. The van der Waals surface area contributed by atoms with E-state index in [1.807, 2.05) is 19.1 Å². The SMILES string of the molecule is Cc1ccc(CN(C2CCCCNC2=O)S(=O)(=O)c2ccc(Cl)cc2)s1. The van der Waals surface area contributed by atoms with E-state index in [1.54, 1.807) is 23.5 Å². The number of thiophene rings is 1. The van der Waals surface area contributed by atoms with Gasteiger partial charge in [-0.3, -0.25) is 4.79 Å². The summed E-state index contributed by atoms with van der Waals surface area (Å²) in [4.78, 5) is 14.7. The molecule has 1 N–H and O–H groups in total. The molecule has 26 heavy (non-hydrogen) atoms. The van der Waals surface area contributed by atoms with Crippen molar-refractivity contribution in [3.05, 3.63) is 51.2 Å². The van der Waals surface area contributed by atoms with Gasteiger partial charge in [0.2, 0.25) is 15.9 Å². The number of nitrogens with zero attached hydrogens (tertiary/aromatic N) is 1. The summed E-state index contributed by atoms with van der Waals surface area (Å²) < 4.78 is 28.0. The summed E-state index contributed by atoms with van der Waals surface area (Å²) in [6, 6.07) is 9.24. The van der Waals surface area contributed by atoms with Crippen LogP contribution < -0.4 is 5.32 Å². The lowest BCUT2D eigenvalue weighted by atomic mass is 10.1. The Hall–Kier alpha value is -1.41. The van der Waals surface area contributed by atoms with Crippen LogP contribution in [0.2, 0.25) is 5.02 Å². The van der Waals surface area contributed by atoms with E-state index >= 15 is 0 Å². The fourth-order valence-electron chi connectivity index (χ4n) is 3.03. The van der Waals surface area contributed by atoms with Crippen molar-refractivity contribution in [2.45, 2.75) is 43.7 Å². The van der Waals surface area contributed by atoms with E-state index in [9.17, 15) is 13.2 Å². The minimum absolute atomic E-state index is 0.146. The van der Waals surface area contributed by atoms with Crippen molar-refractivity contribution in [3.8, 4) is 0 Å². The number of hydrogen-bond acceptors (Lipinski definition) is 4. The highest BCUT2D eigenvalue weighted by molar-refractivity contribution is 7.89. The molecule has 0 bridgehead atoms. The van der Waals surface area contributed by atoms with Crippen molar-refractivity contribution < 1.29 is 13.2 Å². The van der Waals surface area contributed by atoms with Crippen LogP contribution in [0, 0.1) is 6.92 Å². The molecule has 1 aromatic carbocycles. The molecule has 1 fully saturated rings. The van der Waals surface area contributed by atoms with Crippen LogP contribution in [-0.4, -0.2) is 31.2 Å². The molecule has 0 aliphatic carbocycles. The molecule has 0 spiro atoms. The lowest BCUT2D eigenvalue weighted by molar-refractivity contribution is -0.124. The van der Waals surface area contributed by atoms with E-state index in [2.05, 4.69) is 5.32 Å². The molecule has 5 nitrogen and oxygen atoms in total. The second-order valence-electron chi connectivity index (χ2n) is 6.32. The number of hydrogen-bond donors (Lipinski definition) is 1. The molecular formula is C18H21ClN2O3S2. The molecule has 2 aromatic rings. The Labute approximate surface area is 163 Å². The van der Waals surface area contributed by atoms with E-state index < -0.39 is 16.1 Å². The van der Waals surface area contributed by atoms with Crippen LogP contribution in [-0.2, 0) is 21.4 Å². The fraction of sp³-hybridized carbons (Fsp3) is 0.389. The molecule has 3 rings (SSSR count). The van der Waals surface area contributed by atoms with Gasteiger partial charge in [-0.05, 0) is 62.6 Å².